The highest BCUT2D eigenvalue weighted by atomic mass is 19.1. The van der Waals surface area contributed by atoms with Crippen molar-refractivity contribution in [2.45, 2.75) is 19.6 Å². The number of nitriles is 1. The number of nitrogens with one attached hydrogen (secondary N) is 1. The average molecular weight is 443 g/mol. The molecule has 0 spiro atoms. The van der Waals surface area contributed by atoms with E-state index in [0.717, 1.165) is 17.7 Å². The summed E-state index contributed by atoms with van der Waals surface area (Å²) in [5.41, 5.74) is 2.19. The number of carbonyl (C=O) groups is 1. The Morgan fingerprint density at radius 1 is 1.06 bits per heavy atom. The first-order chi connectivity index (χ1) is 16.0. The van der Waals surface area contributed by atoms with Gasteiger partial charge >= 0.3 is 0 Å². The molecule has 1 unspecified atom stereocenters. The number of amides is 1. The molecule has 0 radical (unpaired) electrons. The standard InChI is InChI=1S/C26H19F2N3O2/c1-16-8-10-17(11-9-16)23(14-29)31-26(32)19-12-13-30-25-18(19)4-2-7-24(25)33-15-20-21(27)5-3-6-22(20)28/h2-13,23H,15H2,1H3,(H,31,32). The molecular formula is C26H19F2N3O2. The number of benzene rings is 3. The Bertz CT molecular complexity index is 1340. The van der Waals surface area contributed by atoms with Gasteiger partial charge in [0, 0.05) is 11.6 Å². The predicted molar refractivity (Wildman–Crippen MR) is 119 cm³/mol. The number of aryl methyl sites for hydroxylation is 1. The molecule has 0 aliphatic carbocycles. The van der Waals surface area contributed by atoms with E-state index >= 15 is 0 Å². The first-order valence-electron chi connectivity index (χ1n) is 10.2. The van der Waals surface area contributed by atoms with Gasteiger partial charge in [0.25, 0.3) is 5.91 Å². The number of aromatic nitrogens is 1. The molecule has 1 amide bonds. The maximum Gasteiger partial charge on any atom is 0.253 e. The lowest BCUT2D eigenvalue weighted by atomic mass is 10.0. The fourth-order valence-corrected chi connectivity index (χ4v) is 3.44. The van der Waals surface area contributed by atoms with Gasteiger partial charge in [0.2, 0.25) is 0 Å². The molecule has 1 atom stereocenters. The second-order valence-electron chi connectivity index (χ2n) is 7.45. The highest BCUT2D eigenvalue weighted by molar-refractivity contribution is 6.07. The van der Waals surface area contributed by atoms with E-state index in [1.165, 1.54) is 12.3 Å². The van der Waals surface area contributed by atoms with Crippen molar-refractivity contribution >= 4 is 16.8 Å². The molecule has 5 nitrogen and oxygen atoms in total. The highest BCUT2D eigenvalue weighted by Gasteiger charge is 2.19. The van der Waals surface area contributed by atoms with Gasteiger partial charge in [0.05, 0.1) is 17.2 Å². The quantitative estimate of drug-likeness (QED) is 0.433. The maximum atomic E-state index is 13.9. The van der Waals surface area contributed by atoms with Crippen LogP contribution in [0, 0.1) is 29.9 Å². The van der Waals surface area contributed by atoms with E-state index in [9.17, 15) is 18.8 Å². The number of rotatable bonds is 6. The van der Waals surface area contributed by atoms with Crippen LogP contribution in [0.5, 0.6) is 5.75 Å². The van der Waals surface area contributed by atoms with Crippen molar-refractivity contribution in [3.05, 3.63) is 107 Å². The van der Waals surface area contributed by atoms with Gasteiger partial charge in [-0.15, -0.1) is 0 Å². The second-order valence-corrected chi connectivity index (χ2v) is 7.45. The number of pyridine rings is 1. The lowest BCUT2D eigenvalue weighted by molar-refractivity contribution is 0.0946. The fraction of sp³-hybridized carbons (Fsp3) is 0.115. The van der Waals surface area contributed by atoms with E-state index in [1.54, 1.807) is 36.4 Å². The number of fused-ring (bicyclic) bond motifs is 1. The van der Waals surface area contributed by atoms with Crippen molar-refractivity contribution in [3.63, 3.8) is 0 Å². The van der Waals surface area contributed by atoms with Crippen LogP contribution in [0.25, 0.3) is 10.9 Å². The smallest absolute Gasteiger partial charge is 0.253 e. The molecule has 0 bridgehead atoms. The third-order valence-electron chi connectivity index (χ3n) is 5.23. The van der Waals surface area contributed by atoms with Gasteiger partial charge in [-0.25, -0.2) is 8.78 Å². The van der Waals surface area contributed by atoms with Crippen LogP contribution < -0.4 is 10.1 Å². The Labute approximate surface area is 189 Å². The summed E-state index contributed by atoms with van der Waals surface area (Å²) in [7, 11) is 0. The first-order valence-corrected chi connectivity index (χ1v) is 10.2. The van der Waals surface area contributed by atoms with Crippen molar-refractivity contribution in [3.8, 4) is 11.8 Å². The van der Waals surface area contributed by atoms with Crippen molar-refractivity contribution in [2.24, 2.45) is 0 Å². The number of para-hydroxylation sites is 1. The van der Waals surface area contributed by atoms with Crippen LogP contribution in [-0.2, 0) is 6.61 Å². The van der Waals surface area contributed by atoms with Crippen molar-refractivity contribution in [1.82, 2.24) is 10.3 Å². The van der Waals surface area contributed by atoms with E-state index < -0.39 is 23.6 Å². The third-order valence-corrected chi connectivity index (χ3v) is 5.23. The Hall–Kier alpha value is -4.31. The second kappa shape index (κ2) is 9.45. The van der Waals surface area contributed by atoms with Gasteiger partial charge in [0.15, 0.2) is 0 Å². The summed E-state index contributed by atoms with van der Waals surface area (Å²) in [6.45, 7) is 1.60. The Morgan fingerprint density at radius 3 is 2.45 bits per heavy atom. The van der Waals surface area contributed by atoms with Crippen LogP contribution in [0.1, 0.15) is 33.1 Å². The number of ether oxygens (including phenoxy) is 1. The van der Waals surface area contributed by atoms with E-state index in [1.807, 2.05) is 19.1 Å². The minimum atomic E-state index is -0.829. The molecule has 7 heteroatoms. The van der Waals surface area contributed by atoms with Crippen molar-refractivity contribution in [1.29, 1.82) is 5.26 Å². The minimum Gasteiger partial charge on any atom is -0.486 e. The van der Waals surface area contributed by atoms with Crippen LogP contribution >= 0.6 is 0 Å². The summed E-state index contributed by atoms with van der Waals surface area (Å²) < 4.78 is 33.5. The lowest BCUT2D eigenvalue weighted by Gasteiger charge is -2.14. The van der Waals surface area contributed by atoms with Crippen molar-refractivity contribution < 1.29 is 18.3 Å². The van der Waals surface area contributed by atoms with E-state index in [0.29, 0.717) is 22.0 Å². The fourth-order valence-electron chi connectivity index (χ4n) is 3.44. The SMILES string of the molecule is Cc1ccc(C(C#N)NC(=O)c2ccnc3c(OCc4c(F)cccc4F)cccc23)cc1. The zero-order valence-corrected chi connectivity index (χ0v) is 17.7. The molecule has 33 heavy (non-hydrogen) atoms. The lowest BCUT2D eigenvalue weighted by Crippen LogP contribution is -2.27. The molecule has 164 valence electrons. The van der Waals surface area contributed by atoms with Gasteiger partial charge in [-0.3, -0.25) is 9.78 Å². The Kier molecular flexibility index (Phi) is 6.27. The largest absolute Gasteiger partial charge is 0.486 e. The third kappa shape index (κ3) is 4.65. The van der Waals surface area contributed by atoms with E-state index in [2.05, 4.69) is 16.4 Å². The normalized spacial score (nSPS) is 11.6. The molecule has 1 heterocycles. The molecule has 0 saturated heterocycles. The number of halogens is 2. The van der Waals surface area contributed by atoms with Gasteiger partial charge in [-0.1, -0.05) is 48.0 Å². The van der Waals surface area contributed by atoms with Crippen molar-refractivity contribution in [2.75, 3.05) is 0 Å². The van der Waals surface area contributed by atoms with Crippen LogP contribution in [0.3, 0.4) is 0 Å². The van der Waals surface area contributed by atoms with Crippen LogP contribution in [-0.4, -0.2) is 10.9 Å². The molecule has 1 aromatic heterocycles. The number of carbonyl (C=O) groups excluding carboxylic acids is 1. The summed E-state index contributed by atoms with van der Waals surface area (Å²) in [5.74, 6) is -1.59. The van der Waals surface area contributed by atoms with Gasteiger partial charge in [-0.2, -0.15) is 5.26 Å². The molecule has 3 aromatic carbocycles. The number of hydrogen-bond acceptors (Lipinski definition) is 4. The van der Waals surface area contributed by atoms with Crippen LogP contribution in [0.15, 0.2) is 72.9 Å². The maximum absolute atomic E-state index is 13.9. The van der Waals surface area contributed by atoms with Gasteiger partial charge in [0.1, 0.15) is 35.5 Å². The molecule has 0 saturated carbocycles. The topological polar surface area (TPSA) is 75.0 Å². The van der Waals surface area contributed by atoms with Gasteiger partial charge in [-0.05, 0) is 36.8 Å². The summed E-state index contributed by atoms with van der Waals surface area (Å²) in [5, 5.41) is 12.8. The molecule has 0 aliphatic heterocycles. The monoisotopic (exact) mass is 443 g/mol. The minimum absolute atomic E-state index is 0.196. The Balaban J connectivity index is 1.61. The molecule has 4 aromatic rings. The zero-order valence-electron chi connectivity index (χ0n) is 17.7. The van der Waals surface area contributed by atoms with E-state index in [4.69, 9.17) is 4.74 Å². The summed E-state index contributed by atoms with van der Waals surface area (Å²) in [6, 6.07) is 18.7. The highest BCUT2D eigenvalue weighted by Crippen LogP contribution is 2.28. The molecule has 1 N–H and O–H groups in total. The average Bonchev–Trinajstić information content (AvgIpc) is 2.82. The zero-order chi connectivity index (χ0) is 23.4. The van der Waals surface area contributed by atoms with Crippen LogP contribution in [0.4, 0.5) is 8.78 Å². The molecule has 4 rings (SSSR count). The molecule has 0 aliphatic rings. The summed E-state index contributed by atoms with van der Waals surface area (Å²) in [6.07, 6.45) is 1.45. The Morgan fingerprint density at radius 2 is 1.76 bits per heavy atom. The first kappa shape index (κ1) is 21.9. The molecule has 0 fully saturated rings. The predicted octanol–water partition coefficient (Wildman–Crippen LogP) is 5.40. The van der Waals surface area contributed by atoms with Gasteiger partial charge < -0.3 is 10.1 Å². The van der Waals surface area contributed by atoms with Crippen LogP contribution in [0.2, 0.25) is 0 Å². The van der Waals surface area contributed by atoms with E-state index in [-0.39, 0.29) is 17.9 Å². The summed E-state index contributed by atoms with van der Waals surface area (Å²) in [4.78, 5) is 17.3. The number of nitrogens with zero attached hydrogens (tertiary/aromatic N) is 2. The molecular weight excluding hydrogens is 424 g/mol. The number of hydrogen-bond donors (Lipinski definition) is 1. The summed E-state index contributed by atoms with van der Waals surface area (Å²) >= 11 is 0.